The average molecular weight is 523 g/mol. The normalized spacial score (nSPS) is 14.7. The number of rotatable bonds is 5. The summed E-state index contributed by atoms with van der Waals surface area (Å²) in [6.45, 7) is 6.71. The van der Waals surface area contributed by atoms with Gasteiger partial charge in [-0.05, 0) is 67.1 Å². The zero-order chi connectivity index (χ0) is 26.2. The smallest absolute Gasteiger partial charge is 0.258 e. The number of carbonyl (C=O) groups is 2. The number of nitrogens with one attached hydrogen (secondary N) is 1. The summed E-state index contributed by atoms with van der Waals surface area (Å²) in [5, 5.41) is 3.64. The van der Waals surface area contributed by atoms with Gasteiger partial charge in [-0.25, -0.2) is 4.98 Å². The second-order valence-corrected chi connectivity index (χ2v) is 11.3. The molecule has 192 valence electrons. The zero-order valence-corrected chi connectivity index (χ0v) is 22.5. The zero-order valence-electron chi connectivity index (χ0n) is 21.7. The van der Waals surface area contributed by atoms with Crippen LogP contribution < -0.4 is 10.2 Å². The molecule has 3 heterocycles. The molecule has 2 amide bonds. The molecule has 38 heavy (non-hydrogen) atoms. The quantitative estimate of drug-likeness (QED) is 0.369. The molecule has 0 aliphatic carbocycles. The third-order valence-electron chi connectivity index (χ3n) is 7.49. The number of benzene rings is 3. The van der Waals surface area contributed by atoms with E-state index in [-0.39, 0.29) is 11.8 Å². The Morgan fingerprint density at radius 2 is 1.68 bits per heavy atom. The monoisotopic (exact) mass is 522 g/mol. The molecule has 0 saturated carbocycles. The van der Waals surface area contributed by atoms with E-state index in [1.165, 1.54) is 22.5 Å². The summed E-state index contributed by atoms with van der Waals surface area (Å²) >= 11 is 1.50. The first-order valence-electron chi connectivity index (χ1n) is 13.0. The molecule has 2 aliphatic heterocycles. The lowest BCUT2D eigenvalue weighted by Gasteiger charge is -2.27. The number of hydrogen-bond donors (Lipinski definition) is 1. The molecule has 0 fully saturated rings. The molecule has 0 unspecified atom stereocenters. The van der Waals surface area contributed by atoms with Crippen molar-refractivity contribution >= 4 is 34.0 Å². The van der Waals surface area contributed by atoms with E-state index >= 15 is 0 Å². The van der Waals surface area contributed by atoms with Crippen molar-refractivity contribution in [2.45, 2.75) is 33.2 Å². The van der Waals surface area contributed by atoms with Crippen LogP contribution in [0.1, 0.15) is 37.5 Å². The van der Waals surface area contributed by atoms with Crippen LogP contribution in [0.25, 0.3) is 11.3 Å². The standard InChI is InChI=1S/C31H30N4O2S/c1-20-7-3-6-10-26(20)30(37)35-16-14-23-17-24(11-12-27(23)35)29-21(2)38-31(33-29)32-28(36)19-34-15-13-22-8-4-5-9-25(22)18-34/h3-12,17H,13-16,18-19H2,1-2H3,(H,32,33,36). The Hall–Kier alpha value is -3.81. The largest absolute Gasteiger partial charge is 0.308 e. The highest BCUT2D eigenvalue weighted by Crippen LogP contribution is 2.36. The predicted molar refractivity (Wildman–Crippen MR) is 153 cm³/mol. The molecule has 3 aromatic carbocycles. The number of hydrogen-bond acceptors (Lipinski definition) is 5. The number of anilines is 2. The summed E-state index contributed by atoms with van der Waals surface area (Å²) in [4.78, 5) is 35.9. The summed E-state index contributed by atoms with van der Waals surface area (Å²) in [6.07, 6.45) is 1.78. The fourth-order valence-electron chi connectivity index (χ4n) is 5.49. The SMILES string of the molecule is Cc1ccccc1C(=O)N1CCc2cc(-c3nc(NC(=O)CN4CCc5ccccc5C4)sc3C)ccc21. The summed E-state index contributed by atoms with van der Waals surface area (Å²) in [5.74, 6) is 0.00521. The first-order chi connectivity index (χ1) is 18.5. The highest BCUT2D eigenvalue weighted by atomic mass is 32.1. The maximum Gasteiger partial charge on any atom is 0.258 e. The van der Waals surface area contributed by atoms with Gasteiger partial charge in [0.05, 0.1) is 12.2 Å². The number of amides is 2. The molecule has 1 N–H and O–H groups in total. The van der Waals surface area contributed by atoms with Crippen LogP contribution in [0, 0.1) is 13.8 Å². The van der Waals surface area contributed by atoms with Crippen molar-refractivity contribution in [2.24, 2.45) is 0 Å². The van der Waals surface area contributed by atoms with Gasteiger partial charge in [0.25, 0.3) is 5.91 Å². The number of carbonyl (C=O) groups excluding carboxylic acids is 2. The van der Waals surface area contributed by atoms with Gasteiger partial charge in [0, 0.05) is 41.3 Å². The number of aromatic nitrogens is 1. The molecule has 6 nitrogen and oxygen atoms in total. The fourth-order valence-corrected chi connectivity index (χ4v) is 6.34. The Morgan fingerprint density at radius 1 is 0.921 bits per heavy atom. The van der Waals surface area contributed by atoms with Gasteiger partial charge in [0.2, 0.25) is 5.91 Å². The van der Waals surface area contributed by atoms with Crippen molar-refractivity contribution < 1.29 is 9.59 Å². The molecule has 6 rings (SSSR count). The van der Waals surface area contributed by atoms with E-state index in [0.29, 0.717) is 18.2 Å². The molecule has 1 aromatic heterocycles. The van der Waals surface area contributed by atoms with Crippen molar-refractivity contribution in [1.82, 2.24) is 9.88 Å². The Kier molecular flexibility index (Phi) is 6.55. The van der Waals surface area contributed by atoms with E-state index in [9.17, 15) is 9.59 Å². The van der Waals surface area contributed by atoms with Crippen LogP contribution in [0.15, 0.2) is 66.7 Å². The van der Waals surface area contributed by atoms with Crippen LogP contribution in [-0.2, 0) is 24.2 Å². The van der Waals surface area contributed by atoms with E-state index in [0.717, 1.165) is 64.4 Å². The highest BCUT2D eigenvalue weighted by molar-refractivity contribution is 7.16. The lowest BCUT2D eigenvalue weighted by Crippen LogP contribution is -2.37. The molecular weight excluding hydrogens is 492 g/mol. The van der Waals surface area contributed by atoms with Gasteiger partial charge in [0.15, 0.2) is 5.13 Å². The number of thiazole rings is 1. The number of fused-ring (bicyclic) bond motifs is 2. The molecular formula is C31H30N4O2S. The minimum Gasteiger partial charge on any atom is -0.308 e. The maximum atomic E-state index is 13.2. The Balaban J connectivity index is 1.14. The first kappa shape index (κ1) is 24.5. The molecule has 2 aliphatic rings. The lowest BCUT2D eigenvalue weighted by molar-refractivity contribution is -0.117. The fraction of sp³-hybridized carbons (Fsp3) is 0.258. The van der Waals surface area contributed by atoms with Gasteiger partial charge >= 0.3 is 0 Å². The highest BCUT2D eigenvalue weighted by Gasteiger charge is 2.27. The summed E-state index contributed by atoms with van der Waals surface area (Å²) in [7, 11) is 0. The predicted octanol–water partition coefficient (Wildman–Crippen LogP) is 5.63. The van der Waals surface area contributed by atoms with Crippen molar-refractivity contribution in [1.29, 1.82) is 0 Å². The van der Waals surface area contributed by atoms with Crippen LogP contribution in [0.2, 0.25) is 0 Å². The second kappa shape index (κ2) is 10.2. The van der Waals surface area contributed by atoms with Gasteiger partial charge in [0.1, 0.15) is 0 Å². The summed E-state index contributed by atoms with van der Waals surface area (Å²) < 4.78 is 0. The molecule has 4 aromatic rings. The lowest BCUT2D eigenvalue weighted by atomic mass is 10.00. The molecule has 0 saturated heterocycles. The molecule has 0 spiro atoms. The van der Waals surface area contributed by atoms with Crippen LogP contribution in [0.4, 0.5) is 10.8 Å². The topological polar surface area (TPSA) is 65.5 Å². The third-order valence-corrected chi connectivity index (χ3v) is 8.38. The third kappa shape index (κ3) is 4.75. The van der Waals surface area contributed by atoms with Gasteiger partial charge in [-0.3, -0.25) is 14.5 Å². The van der Waals surface area contributed by atoms with Crippen LogP contribution in [0.5, 0.6) is 0 Å². The average Bonchev–Trinajstić information content (AvgIpc) is 3.51. The van der Waals surface area contributed by atoms with E-state index in [2.05, 4.69) is 40.5 Å². The number of nitrogens with zero attached hydrogens (tertiary/aromatic N) is 3. The summed E-state index contributed by atoms with van der Waals surface area (Å²) in [5.41, 5.74) is 8.41. The minimum absolute atomic E-state index is 0.0380. The Labute approximate surface area is 226 Å². The first-order valence-corrected chi connectivity index (χ1v) is 13.8. The van der Waals surface area contributed by atoms with E-state index in [1.54, 1.807) is 0 Å². The van der Waals surface area contributed by atoms with Gasteiger partial charge in [-0.15, -0.1) is 11.3 Å². The van der Waals surface area contributed by atoms with Crippen LogP contribution in [0.3, 0.4) is 0 Å². The van der Waals surface area contributed by atoms with Gasteiger partial charge in [-0.1, -0.05) is 48.5 Å². The van der Waals surface area contributed by atoms with Crippen molar-refractivity contribution in [3.8, 4) is 11.3 Å². The Bertz CT molecular complexity index is 1540. The van der Waals surface area contributed by atoms with E-state index in [4.69, 9.17) is 4.98 Å². The van der Waals surface area contributed by atoms with Crippen molar-refractivity contribution in [3.05, 3.63) is 99.4 Å². The van der Waals surface area contributed by atoms with Gasteiger partial charge in [-0.2, -0.15) is 0 Å². The molecule has 7 heteroatoms. The maximum absolute atomic E-state index is 13.2. The molecule has 0 radical (unpaired) electrons. The van der Waals surface area contributed by atoms with Crippen molar-refractivity contribution in [3.63, 3.8) is 0 Å². The van der Waals surface area contributed by atoms with Crippen molar-refractivity contribution in [2.75, 3.05) is 29.9 Å². The number of aryl methyl sites for hydroxylation is 2. The second-order valence-electron chi connectivity index (χ2n) is 10.1. The van der Waals surface area contributed by atoms with E-state index < -0.39 is 0 Å². The summed E-state index contributed by atoms with van der Waals surface area (Å²) in [6, 6.07) is 22.4. The Morgan fingerprint density at radius 3 is 2.53 bits per heavy atom. The van der Waals surface area contributed by atoms with Crippen LogP contribution >= 0.6 is 11.3 Å². The molecule has 0 atom stereocenters. The van der Waals surface area contributed by atoms with E-state index in [1.807, 2.05) is 55.1 Å². The van der Waals surface area contributed by atoms with Gasteiger partial charge < -0.3 is 10.2 Å². The van der Waals surface area contributed by atoms with Crippen LogP contribution in [-0.4, -0.2) is 41.3 Å². The molecule has 0 bridgehead atoms. The minimum atomic E-state index is -0.0380.